The number of hydrogen-bond donors (Lipinski definition) is 1. The van der Waals surface area contributed by atoms with E-state index in [9.17, 15) is 9.36 Å². The van der Waals surface area contributed by atoms with Crippen LogP contribution >= 0.6 is 7.60 Å². The topological polar surface area (TPSA) is 136 Å². The van der Waals surface area contributed by atoms with Gasteiger partial charge in [0.15, 0.2) is 29.4 Å². The fourth-order valence-corrected chi connectivity index (χ4v) is 9.01. The minimum Gasteiger partial charge on any atom is -0.484 e. The number of carbonyl (C=O) groups excluding carboxylic acids is 1. The van der Waals surface area contributed by atoms with Gasteiger partial charge >= 0.3 is 7.60 Å². The van der Waals surface area contributed by atoms with Crippen molar-refractivity contribution in [2.75, 3.05) is 18.5 Å². The van der Waals surface area contributed by atoms with Crippen LogP contribution in [0.1, 0.15) is 50.4 Å². The summed E-state index contributed by atoms with van der Waals surface area (Å²) in [6, 6.07) is 38.6. The normalized spacial score (nSPS) is 17.3. The maximum Gasteiger partial charge on any atom is 0.363 e. The lowest BCUT2D eigenvalue weighted by atomic mass is 9.80. The van der Waals surface area contributed by atoms with Crippen molar-refractivity contribution in [1.29, 1.82) is 0 Å². The number of imidazole rings is 1. The van der Waals surface area contributed by atoms with E-state index in [0.29, 0.717) is 16.9 Å². The Morgan fingerprint density at radius 2 is 1.32 bits per heavy atom. The average Bonchev–Trinajstić information content (AvgIpc) is 3.66. The standard InChI is InChI=1S/C44H46N5O7P/c1-31(2)55-57(51,56-32(3)4)40-26-25-37(49-30-47-41-42(45-29-46-43(41)49)48-39(50)28-52-36-23-15-8-16-24-36)38(54-40)27-53-44(33-17-9-5-10-18-33,34-19-11-6-12-20-34)35-21-13-7-14-22-35/h5-26,29-32,37-38,40H,27-28H2,1-4H3,(H,45,46,48,50)/t37-,38-,40-/m1/s1. The summed E-state index contributed by atoms with van der Waals surface area (Å²) in [7, 11) is -3.86. The second kappa shape index (κ2) is 17.8. The van der Waals surface area contributed by atoms with Gasteiger partial charge in [0.1, 0.15) is 23.8 Å². The zero-order valence-electron chi connectivity index (χ0n) is 32.3. The summed E-state index contributed by atoms with van der Waals surface area (Å²) in [5.41, 5.74) is 2.47. The third-order valence-corrected chi connectivity index (χ3v) is 11.6. The first-order valence-electron chi connectivity index (χ1n) is 18.9. The lowest BCUT2D eigenvalue weighted by Crippen LogP contribution is -2.41. The molecule has 6 aromatic rings. The van der Waals surface area contributed by atoms with Crippen molar-refractivity contribution in [1.82, 2.24) is 19.5 Å². The molecule has 0 radical (unpaired) electrons. The molecular weight excluding hydrogens is 741 g/mol. The Labute approximate surface area is 332 Å². The first kappa shape index (κ1) is 39.7. The Bertz CT molecular complexity index is 2200. The maximum absolute atomic E-state index is 14.5. The Balaban J connectivity index is 1.27. The van der Waals surface area contributed by atoms with Crippen LogP contribution in [0.2, 0.25) is 0 Å². The second-order valence-corrected chi connectivity index (χ2v) is 16.1. The van der Waals surface area contributed by atoms with Gasteiger partial charge in [0.25, 0.3) is 5.91 Å². The van der Waals surface area contributed by atoms with Gasteiger partial charge in [-0.25, -0.2) is 15.0 Å². The molecule has 1 aliphatic heterocycles. The Morgan fingerprint density at radius 3 is 1.86 bits per heavy atom. The van der Waals surface area contributed by atoms with E-state index in [4.69, 9.17) is 23.3 Å². The van der Waals surface area contributed by atoms with Crippen LogP contribution < -0.4 is 10.1 Å². The maximum atomic E-state index is 14.5. The van der Waals surface area contributed by atoms with Crippen molar-refractivity contribution >= 4 is 30.5 Å². The highest BCUT2D eigenvalue weighted by Crippen LogP contribution is 2.58. The van der Waals surface area contributed by atoms with E-state index in [1.54, 1.807) is 24.5 Å². The zero-order chi connectivity index (χ0) is 39.8. The number of rotatable bonds is 16. The smallest absolute Gasteiger partial charge is 0.363 e. The Morgan fingerprint density at radius 1 is 0.772 bits per heavy atom. The minimum atomic E-state index is -3.86. The van der Waals surface area contributed by atoms with Crippen LogP contribution in [0.3, 0.4) is 0 Å². The van der Waals surface area contributed by atoms with Crippen molar-refractivity contribution in [3.05, 3.63) is 163 Å². The number of nitrogens with one attached hydrogen (secondary N) is 1. The van der Waals surface area contributed by atoms with Crippen LogP contribution in [-0.2, 0) is 33.5 Å². The molecule has 294 valence electrons. The summed E-state index contributed by atoms with van der Waals surface area (Å²) in [6.45, 7) is 7.02. The Hall–Kier alpha value is -5.49. The molecule has 0 bridgehead atoms. The van der Waals surface area contributed by atoms with Crippen LogP contribution in [0.5, 0.6) is 5.75 Å². The number of para-hydroxylation sites is 1. The lowest BCUT2D eigenvalue weighted by Gasteiger charge is -2.40. The van der Waals surface area contributed by atoms with E-state index in [-0.39, 0.29) is 19.0 Å². The molecule has 0 saturated carbocycles. The van der Waals surface area contributed by atoms with Gasteiger partial charge in [-0.15, -0.1) is 0 Å². The molecule has 1 N–H and O–H groups in total. The van der Waals surface area contributed by atoms with Gasteiger partial charge in [-0.1, -0.05) is 115 Å². The molecule has 3 atom stereocenters. The van der Waals surface area contributed by atoms with Crippen LogP contribution in [0.25, 0.3) is 11.2 Å². The van der Waals surface area contributed by atoms with E-state index in [2.05, 4.69) is 20.3 Å². The number of anilines is 1. The summed E-state index contributed by atoms with van der Waals surface area (Å²) in [6.07, 6.45) is 5.01. The number of fused-ring (bicyclic) bond motifs is 1. The van der Waals surface area contributed by atoms with E-state index in [1.807, 2.05) is 148 Å². The molecule has 13 heteroatoms. The summed E-state index contributed by atoms with van der Waals surface area (Å²) in [5, 5.41) is 2.81. The number of hydrogen-bond acceptors (Lipinski definition) is 10. The number of benzene rings is 4. The molecule has 0 fully saturated rings. The Kier molecular flexibility index (Phi) is 12.4. The van der Waals surface area contributed by atoms with Gasteiger partial charge in [0.05, 0.1) is 31.2 Å². The van der Waals surface area contributed by atoms with Gasteiger partial charge in [-0.3, -0.25) is 9.36 Å². The highest BCUT2D eigenvalue weighted by molar-refractivity contribution is 7.54. The van der Waals surface area contributed by atoms with E-state index < -0.39 is 49.3 Å². The third kappa shape index (κ3) is 8.91. The van der Waals surface area contributed by atoms with Crippen LogP contribution in [-0.4, -0.2) is 62.8 Å². The molecule has 3 heterocycles. The first-order chi connectivity index (χ1) is 27.7. The van der Waals surface area contributed by atoms with Crippen molar-refractivity contribution < 1.29 is 32.6 Å². The van der Waals surface area contributed by atoms with Crippen molar-refractivity contribution in [2.24, 2.45) is 0 Å². The fraction of sp³-hybridized carbons (Fsp3) is 0.273. The molecular formula is C44H46N5O7P. The van der Waals surface area contributed by atoms with Gasteiger partial charge in [0.2, 0.25) is 0 Å². The monoisotopic (exact) mass is 787 g/mol. The predicted molar refractivity (Wildman–Crippen MR) is 218 cm³/mol. The van der Waals surface area contributed by atoms with Gasteiger partial charge in [-0.05, 0) is 62.6 Å². The highest BCUT2D eigenvalue weighted by Gasteiger charge is 2.45. The van der Waals surface area contributed by atoms with E-state index >= 15 is 0 Å². The molecule has 0 aliphatic carbocycles. The summed E-state index contributed by atoms with van der Waals surface area (Å²) < 4.78 is 48.1. The number of carbonyl (C=O) groups is 1. The van der Waals surface area contributed by atoms with Crippen LogP contribution in [0.15, 0.2) is 146 Å². The number of nitrogens with zero attached hydrogens (tertiary/aromatic N) is 4. The second-order valence-electron chi connectivity index (χ2n) is 14.1. The summed E-state index contributed by atoms with van der Waals surface area (Å²) >= 11 is 0. The molecule has 12 nitrogen and oxygen atoms in total. The lowest BCUT2D eigenvalue weighted by molar-refractivity contribution is -0.118. The largest absolute Gasteiger partial charge is 0.484 e. The average molecular weight is 788 g/mol. The van der Waals surface area contributed by atoms with E-state index in [0.717, 1.165) is 16.7 Å². The third-order valence-electron chi connectivity index (χ3n) is 9.25. The molecule has 57 heavy (non-hydrogen) atoms. The molecule has 4 aromatic carbocycles. The molecule has 7 rings (SSSR count). The quantitative estimate of drug-likeness (QED) is 0.0576. The van der Waals surface area contributed by atoms with Crippen molar-refractivity contribution in [2.45, 2.75) is 63.5 Å². The molecule has 0 spiro atoms. The van der Waals surface area contributed by atoms with Crippen molar-refractivity contribution in [3.63, 3.8) is 0 Å². The first-order valence-corrected chi connectivity index (χ1v) is 20.5. The van der Waals surface area contributed by atoms with Gasteiger partial charge < -0.3 is 33.1 Å². The number of ether oxygens (including phenoxy) is 3. The molecule has 2 aromatic heterocycles. The molecule has 0 saturated heterocycles. The molecule has 0 unspecified atom stereocenters. The predicted octanol–water partition coefficient (Wildman–Crippen LogP) is 8.72. The number of amides is 1. The van der Waals surface area contributed by atoms with Crippen molar-refractivity contribution in [3.8, 4) is 5.75 Å². The number of aromatic nitrogens is 4. The summed E-state index contributed by atoms with van der Waals surface area (Å²) in [4.78, 5) is 26.5. The molecule has 1 aliphatic rings. The fourth-order valence-electron chi connectivity index (χ4n) is 6.93. The SMILES string of the molecule is CC(C)OP(=O)(OC(C)C)[C@@H]1C=C[C@@H](n2cnc3c(NC(=O)COc4ccccc4)ncnc32)[C@@H](COC(c2ccccc2)(c2ccccc2)c2ccccc2)O1. The highest BCUT2D eigenvalue weighted by atomic mass is 31.2. The van der Waals surface area contributed by atoms with Gasteiger partial charge in [-0.2, -0.15) is 0 Å². The van der Waals surface area contributed by atoms with Crippen LogP contribution in [0.4, 0.5) is 5.82 Å². The minimum absolute atomic E-state index is 0.0126. The zero-order valence-corrected chi connectivity index (χ0v) is 33.1. The summed E-state index contributed by atoms with van der Waals surface area (Å²) in [5.74, 6) is -0.661. The van der Waals surface area contributed by atoms with Crippen LogP contribution in [0, 0.1) is 0 Å². The molecule has 1 amide bonds. The van der Waals surface area contributed by atoms with Gasteiger partial charge in [0, 0.05) is 0 Å². The van der Waals surface area contributed by atoms with E-state index in [1.165, 1.54) is 6.33 Å².